The van der Waals surface area contributed by atoms with Crippen molar-refractivity contribution in [2.75, 3.05) is 32.7 Å². The lowest BCUT2D eigenvalue weighted by Crippen LogP contribution is -2.51. The zero-order valence-electron chi connectivity index (χ0n) is 22.4. The van der Waals surface area contributed by atoms with Gasteiger partial charge in [-0.3, -0.25) is 9.48 Å². The maximum atomic E-state index is 13.9. The van der Waals surface area contributed by atoms with Crippen molar-refractivity contribution in [2.24, 2.45) is 10.8 Å². The predicted octanol–water partition coefficient (Wildman–Crippen LogP) is 6.09. The van der Waals surface area contributed by atoms with E-state index in [1.807, 2.05) is 17.9 Å². The Morgan fingerprint density at radius 1 is 1.20 bits per heavy atom. The Kier molecular flexibility index (Phi) is 7.68. The normalized spacial score (nSPS) is 19.1. The highest BCUT2D eigenvalue weighted by molar-refractivity contribution is 6.33. The molecule has 0 aliphatic carbocycles. The molecule has 8 heteroatoms. The Hall–Kier alpha value is -1.86. The standard InChI is InChI=1S/C27H42ClN5O2/c1-7-33-24(28)22(23(29-33)20-17-21(19(2)3)35-30-20)25(34)32-13-8-9-27(18-32)11-15-31(16-12-27)14-10-26(4,5)6/h17,19H,7-16,18H2,1-6H3. The van der Waals surface area contributed by atoms with Crippen LogP contribution in [0.15, 0.2) is 10.6 Å². The molecule has 7 nitrogen and oxygen atoms in total. The van der Waals surface area contributed by atoms with Gasteiger partial charge in [0.05, 0.1) is 0 Å². The van der Waals surface area contributed by atoms with E-state index < -0.39 is 0 Å². The fraction of sp³-hybridized carbons (Fsp3) is 0.741. The second-order valence-corrected chi connectivity index (χ2v) is 12.4. The Morgan fingerprint density at radius 3 is 2.51 bits per heavy atom. The zero-order valence-corrected chi connectivity index (χ0v) is 23.1. The summed E-state index contributed by atoms with van der Waals surface area (Å²) in [6.45, 7) is 18.6. The number of likely N-dealkylation sites (tertiary alicyclic amines) is 2. The highest BCUT2D eigenvalue weighted by atomic mass is 35.5. The summed E-state index contributed by atoms with van der Waals surface area (Å²) < 4.78 is 7.19. The van der Waals surface area contributed by atoms with Gasteiger partial charge in [-0.2, -0.15) is 5.10 Å². The molecule has 0 radical (unpaired) electrons. The van der Waals surface area contributed by atoms with Crippen molar-refractivity contribution in [3.63, 3.8) is 0 Å². The average molecular weight is 504 g/mol. The zero-order chi connectivity index (χ0) is 25.4. The highest BCUT2D eigenvalue weighted by Gasteiger charge is 2.41. The van der Waals surface area contributed by atoms with Gasteiger partial charge in [-0.05, 0) is 69.5 Å². The number of carbonyl (C=O) groups is 1. The Morgan fingerprint density at radius 2 is 1.91 bits per heavy atom. The molecule has 0 N–H and O–H groups in total. The molecule has 2 aromatic rings. The van der Waals surface area contributed by atoms with Crippen LogP contribution in [-0.2, 0) is 6.54 Å². The molecule has 0 atom stereocenters. The average Bonchev–Trinajstić information content (AvgIpc) is 3.42. The number of hydrogen-bond donors (Lipinski definition) is 0. The lowest BCUT2D eigenvalue weighted by atomic mass is 9.72. The first-order valence-corrected chi connectivity index (χ1v) is 13.6. The lowest BCUT2D eigenvalue weighted by Gasteiger charge is -2.48. The van der Waals surface area contributed by atoms with Gasteiger partial charge in [-0.1, -0.05) is 51.4 Å². The van der Waals surface area contributed by atoms with Crippen LogP contribution in [0.4, 0.5) is 0 Å². The summed E-state index contributed by atoms with van der Waals surface area (Å²) in [5.41, 5.74) is 2.12. The van der Waals surface area contributed by atoms with E-state index in [9.17, 15) is 4.79 Å². The van der Waals surface area contributed by atoms with Crippen LogP contribution in [0.2, 0.25) is 5.15 Å². The number of hydrogen-bond acceptors (Lipinski definition) is 5. The van der Waals surface area contributed by atoms with Crippen LogP contribution >= 0.6 is 11.6 Å². The van der Waals surface area contributed by atoms with Crippen LogP contribution in [0.25, 0.3) is 11.4 Å². The van der Waals surface area contributed by atoms with E-state index in [4.69, 9.17) is 16.1 Å². The van der Waals surface area contributed by atoms with Crippen molar-refractivity contribution in [1.82, 2.24) is 24.7 Å². The van der Waals surface area contributed by atoms with Crippen LogP contribution in [0.1, 0.15) is 95.7 Å². The fourth-order valence-corrected chi connectivity index (χ4v) is 5.71. The fourth-order valence-electron chi connectivity index (χ4n) is 5.38. The minimum atomic E-state index is -0.0342. The van der Waals surface area contributed by atoms with Crippen molar-refractivity contribution in [3.8, 4) is 11.4 Å². The van der Waals surface area contributed by atoms with E-state index >= 15 is 0 Å². The molecule has 1 amide bonds. The van der Waals surface area contributed by atoms with Crippen LogP contribution < -0.4 is 0 Å². The van der Waals surface area contributed by atoms with Crippen LogP contribution in [0, 0.1) is 10.8 Å². The molecule has 2 aliphatic rings. The third-order valence-corrected chi connectivity index (χ3v) is 8.17. The highest BCUT2D eigenvalue weighted by Crippen LogP contribution is 2.41. The van der Waals surface area contributed by atoms with Gasteiger partial charge < -0.3 is 14.3 Å². The molecular formula is C27H42ClN5O2. The molecule has 0 bridgehead atoms. The molecule has 0 aromatic carbocycles. The van der Waals surface area contributed by atoms with Gasteiger partial charge in [0.25, 0.3) is 5.91 Å². The number of halogens is 1. The van der Waals surface area contributed by atoms with E-state index in [1.54, 1.807) is 4.68 Å². The summed E-state index contributed by atoms with van der Waals surface area (Å²) >= 11 is 6.72. The summed E-state index contributed by atoms with van der Waals surface area (Å²) in [7, 11) is 0. The van der Waals surface area contributed by atoms with E-state index in [0.29, 0.717) is 34.1 Å². The molecule has 0 unspecified atom stereocenters. The number of aryl methyl sites for hydroxylation is 1. The maximum Gasteiger partial charge on any atom is 0.259 e. The minimum absolute atomic E-state index is 0.0342. The first-order valence-electron chi connectivity index (χ1n) is 13.3. The van der Waals surface area contributed by atoms with Gasteiger partial charge in [0.2, 0.25) is 0 Å². The molecule has 4 rings (SSSR count). The lowest BCUT2D eigenvalue weighted by molar-refractivity contribution is 0.0196. The topological polar surface area (TPSA) is 67.4 Å². The molecule has 1 spiro atoms. The smallest absolute Gasteiger partial charge is 0.259 e. The second kappa shape index (κ2) is 10.3. The minimum Gasteiger partial charge on any atom is -0.360 e. The van der Waals surface area contributed by atoms with Crippen LogP contribution in [0.3, 0.4) is 0 Å². The number of rotatable bonds is 6. The summed E-state index contributed by atoms with van der Waals surface area (Å²) in [6.07, 6.45) is 5.74. The van der Waals surface area contributed by atoms with Gasteiger partial charge in [-0.15, -0.1) is 0 Å². The first-order chi connectivity index (χ1) is 16.5. The third kappa shape index (κ3) is 5.77. The molecule has 194 valence electrons. The molecule has 2 aliphatic heterocycles. The number of aromatic nitrogens is 3. The van der Waals surface area contributed by atoms with Crippen LogP contribution in [-0.4, -0.2) is 63.4 Å². The largest absolute Gasteiger partial charge is 0.360 e. The first kappa shape index (κ1) is 26.2. The van der Waals surface area contributed by atoms with E-state index in [2.05, 4.69) is 49.8 Å². The number of carbonyl (C=O) groups excluding carboxylic acids is 1. The number of nitrogens with zero attached hydrogens (tertiary/aromatic N) is 5. The summed E-state index contributed by atoms with van der Waals surface area (Å²) in [5, 5.41) is 9.26. The van der Waals surface area contributed by atoms with Crippen molar-refractivity contribution >= 4 is 17.5 Å². The Bertz CT molecular complexity index is 1030. The number of amides is 1. The summed E-state index contributed by atoms with van der Waals surface area (Å²) in [6, 6.07) is 1.88. The third-order valence-electron chi connectivity index (χ3n) is 7.79. The molecule has 4 heterocycles. The molecular weight excluding hydrogens is 462 g/mol. The second-order valence-electron chi connectivity index (χ2n) is 12.1. The maximum absolute atomic E-state index is 13.9. The van der Waals surface area contributed by atoms with Crippen molar-refractivity contribution < 1.29 is 9.32 Å². The van der Waals surface area contributed by atoms with Gasteiger partial charge in [-0.25, -0.2) is 0 Å². The number of piperidine rings is 2. The molecule has 2 saturated heterocycles. The monoisotopic (exact) mass is 503 g/mol. The van der Waals surface area contributed by atoms with Crippen molar-refractivity contribution in [3.05, 3.63) is 22.5 Å². The molecule has 35 heavy (non-hydrogen) atoms. The molecule has 2 aromatic heterocycles. The van der Waals surface area contributed by atoms with E-state index in [1.165, 1.54) is 12.8 Å². The quantitative estimate of drug-likeness (QED) is 0.477. The predicted molar refractivity (Wildman–Crippen MR) is 140 cm³/mol. The Labute approximate surface area is 215 Å². The van der Waals surface area contributed by atoms with E-state index in [-0.39, 0.29) is 17.2 Å². The van der Waals surface area contributed by atoms with Gasteiger partial charge in [0.15, 0.2) is 0 Å². The molecule has 0 saturated carbocycles. The van der Waals surface area contributed by atoms with Gasteiger partial charge >= 0.3 is 0 Å². The molecule has 2 fully saturated rings. The summed E-state index contributed by atoms with van der Waals surface area (Å²) in [5.74, 6) is 0.944. The van der Waals surface area contributed by atoms with Crippen molar-refractivity contribution in [1.29, 1.82) is 0 Å². The SMILES string of the molecule is CCn1nc(-c2cc(C(C)C)on2)c(C(=O)N2CCCC3(CCN(CCC(C)(C)C)CC3)C2)c1Cl. The van der Waals surface area contributed by atoms with E-state index in [0.717, 1.165) is 57.7 Å². The van der Waals surface area contributed by atoms with Crippen molar-refractivity contribution in [2.45, 2.75) is 86.1 Å². The van der Waals surface area contributed by atoms with Gasteiger partial charge in [0.1, 0.15) is 27.9 Å². The summed E-state index contributed by atoms with van der Waals surface area (Å²) in [4.78, 5) is 18.5. The van der Waals surface area contributed by atoms with Gasteiger partial charge in [0, 0.05) is 31.6 Å². The Balaban J connectivity index is 1.51. The van der Waals surface area contributed by atoms with Crippen LogP contribution in [0.5, 0.6) is 0 Å².